The van der Waals surface area contributed by atoms with E-state index in [1.165, 1.54) is 9.87 Å². The summed E-state index contributed by atoms with van der Waals surface area (Å²) in [6.45, 7) is 11.5. The zero-order chi connectivity index (χ0) is 21.2. The Labute approximate surface area is 168 Å². The maximum absolute atomic E-state index is 12.9. The molecule has 28 heavy (non-hydrogen) atoms. The number of amides is 1. The van der Waals surface area contributed by atoms with E-state index in [0.29, 0.717) is 5.69 Å². The number of carbonyl (C=O) groups excluding carboxylic acids is 1. The molecule has 6 heteroatoms. The molecule has 0 spiro atoms. The maximum Gasteiger partial charge on any atom is 0.244 e. The summed E-state index contributed by atoms with van der Waals surface area (Å²) >= 11 is 0. The maximum atomic E-state index is 12.9. The van der Waals surface area contributed by atoms with Crippen molar-refractivity contribution in [1.29, 1.82) is 0 Å². The number of carbonyl (C=O) groups is 1. The fourth-order valence-electron chi connectivity index (χ4n) is 3.43. The second kappa shape index (κ2) is 8.35. The molecule has 2 aromatic rings. The van der Waals surface area contributed by atoms with E-state index in [-0.39, 0.29) is 11.9 Å². The Bertz CT molecular complexity index is 983. The molecular weight excluding hydrogens is 372 g/mol. The number of nitrogens with one attached hydrogen (secondary N) is 1. The lowest BCUT2D eigenvalue weighted by Crippen LogP contribution is -2.48. The third-order valence-corrected chi connectivity index (χ3v) is 6.29. The monoisotopic (exact) mass is 402 g/mol. The highest BCUT2D eigenvalue weighted by Gasteiger charge is 2.30. The lowest BCUT2D eigenvalue weighted by molar-refractivity contribution is -0.122. The van der Waals surface area contributed by atoms with Crippen LogP contribution >= 0.6 is 0 Å². The summed E-state index contributed by atoms with van der Waals surface area (Å²) in [7, 11) is -3.63. The van der Waals surface area contributed by atoms with Gasteiger partial charge in [-0.15, -0.1) is 0 Å². The van der Waals surface area contributed by atoms with Crippen LogP contribution in [0.1, 0.15) is 47.7 Å². The Kier molecular flexibility index (Phi) is 6.55. The third kappa shape index (κ3) is 4.93. The molecule has 0 aromatic heterocycles. The highest BCUT2D eigenvalue weighted by atomic mass is 32.2. The van der Waals surface area contributed by atoms with Gasteiger partial charge in [-0.3, -0.25) is 9.10 Å². The van der Waals surface area contributed by atoms with Gasteiger partial charge in [0.1, 0.15) is 6.04 Å². The van der Waals surface area contributed by atoms with Crippen LogP contribution in [0.2, 0.25) is 0 Å². The van der Waals surface area contributed by atoms with Gasteiger partial charge in [-0.05, 0) is 81.5 Å². The largest absolute Gasteiger partial charge is 0.348 e. The highest BCUT2D eigenvalue weighted by molar-refractivity contribution is 7.92. The molecule has 0 aliphatic heterocycles. The van der Waals surface area contributed by atoms with E-state index in [9.17, 15) is 13.2 Å². The van der Waals surface area contributed by atoms with Crippen LogP contribution < -0.4 is 9.62 Å². The number of rotatable bonds is 6. The molecule has 0 aliphatic rings. The molecule has 0 radical (unpaired) electrons. The molecule has 5 nitrogen and oxygen atoms in total. The number of sulfonamides is 1. The third-order valence-electron chi connectivity index (χ3n) is 5.05. The van der Waals surface area contributed by atoms with Crippen molar-refractivity contribution in [2.75, 3.05) is 10.6 Å². The van der Waals surface area contributed by atoms with E-state index in [2.05, 4.69) is 24.4 Å². The van der Waals surface area contributed by atoms with Gasteiger partial charge < -0.3 is 5.32 Å². The number of nitrogens with zero attached hydrogens (tertiary/aromatic N) is 1. The number of benzene rings is 2. The molecule has 0 aliphatic carbocycles. The van der Waals surface area contributed by atoms with E-state index in [1.807, 2.05) is 33.8 Å². The number of aryl methyl sites for hydroxylation is 4. The predicted octanol–water partition coefficient (Wildman–Crippen LogP) is 3.95. The molecule has 152 valence electrons. The summed E-state index contributed by atoms with van der Waals surface area (Å²) in [6, 6.07) is 10.2. The van der Waals surface area contributed by atoms with Crippen LogP contribution in [0.5, 0.6) is 0 Å². The lowest BCUT2D eigenvalue weighted by Gasteiger charge is -2.30. The fourth-order valence-corrected chi connectivity index (χ4v) is 4.60. The van der Waals surface area contributed by atoms with E-state index < -0.39 is 16.1 Å². The molecular formula is C22H30N2O3S. The van der Waals surface area contributed by atoms with Gasteiger partial charge >= 0.3 is 0 Å². The van der Waals surface area contributed by atoms with Gasteiger partial charge in [0.2, 0.25) is 15.9 Å². The van der Waals surface area contributed by atoms with Gasteiger partial charge in [-0.25, -0.2) is 8.42 Å². The molecule has 0 saturated carbocycles. The van der Waals surface area contributed by atoms with Crippen molar-refractivity contribution >= 4 is 21.6 Å². The van der Waals surface area contributed by atoms with Crippen LogP contribution in [-0.4, -0.2) is 26.6 Å². The van der Waals surface area contributed by atoms with Crippen molar-refractivity contribution < 1.29 is 13.2 Å². The van der Waals surface area contributed by atoms with Crippen molar-refractivity contribution in [3.8, 4) is 0 Å². The molecule has 0 unspecified atom stereocenters. The summed E-state index contributed by atoms with van der Waals surface area (Å²) in [5.41, 5.74) is 5.91. The molecule has 0 bridgehead atoms. The van der Waals surface area contributed by atoms with E-state index in [1.54, 1.807) is 25.1 Å². The summed E-state index contributed by atoms with van der Waals surface area (Å²) in [5.74, 6) is -0.336. The minimum absolute atomic E-state index is 0.229. The summed E-state index contributed by atoms with van der Waals surface area (Å²) in [6.07, 6.45) is 1.12. The summed E-state index contributed by atoms with van der Waals surface area (Å²) in [5, 5.41) is 2.98. The minimum Gasteiger partial charge on any atom is -0.348 e. The molecule has 1 amide bonds. The Morgan fingerprint density at radius 1 is 0.964 bits per heavy atom. The SMILES string of the molecule is Cc1cccc(N([C@H](C)C(=O)N[C@@H](C)c2cc(C)c(C)cc2C)S(C)(=O)=O)c1. The van der Waals surface area contributed by atoms with Crippen molar-refractivity contribution in [3.63, 3.8) is 0 Å². The van der Waals surface area contributed by atoms with E-state index in [4.69, 9.17) is 0 Å². The second-order valence-corrected chi connectivity index (χ2v) is 9.46. The first-order valence-electron chi connectivity index (χ1n) is 9.36. The van der Waals surface area contributed by atoms with Crippen LogP contribution in [0.3, 0.4) is 0 Å². The van der Waals surface area contributed by atoms with Crippen molar-refractivity contribution in [3.05, 3.63) is 64.2 Å². The van der Waals surface area contributed by atoms with Gasteiger partial charge in [-0.2, -0.15) is 0 Å². The first-order chi connectivity index (χ1) is 12.9. The zero-order valence-electron chi connectivity index (χ0n) is 17.7. The van der Waals surface area contributed by atoms with Crippen LogP contribution in [-0.2, 0) is 14.8 Å². The van der Waals surface area contributed by atoms with Gasteiger partial charge in [0.15, 0.2) is 0 Å². The van der Waals surface area contributed by atoms with Gasteiger partial charge in [0.05, 0.1) is 18.0 Å². The number of hydrogen-bond acceptors (Lipinski definition) is 3. The van der Waals surface area contributed by atoms with Crippen LogP contribution in [0, 0.1) is 27.7 Å². The zero-order valence-corrected chi connectivity index (χ0v) is 18.5. The summed E-state index contributed by atoms with van der Waals surface area (Å²) < 4.78 is 26.0. The molecule has 0 fully saturated rings. The highest BCUT2D eigenvalue weighted by Crippen LogP contribution is 2.24. The average Bonchev–Trinajstić information content (AvgIpc) is 2.56. The molecule has 0 heterocycles. The minimum atomic E-state index is -3.63. The Balaban J connectivity index is 2.30. The molecule has 2 aromatic carbocycles. The van der Waals surface area contributed by atoms with Crippen molar-refractivity contribution in [1.82, 2.24) is 5.32 Å². The first-order valence-corrected chi connectivity index (χ1v) is 11.2. The first kappa shape index (κ1) is 22.0. The van der Waals surface area contributed by atoms with Gasteiger partial charge in [0.25, 0.3) is 0 Å². The van der Waals surface area contributed by atoms with Crippen molar-refractivity contribution in [2.24, 2.45) is 0 Å². The van der Waals surface area contributed by atoms with Crippen LogP contribution in [0.4, 0.5) is 5.69 Å². The van der Waals surface area contributed by atoms with E-state index >= 15 is 0 Å². The smallest absolute Gasteiger partial charge is 0.244 e. The molecule has 1 N–H and O–H groups in total. The predicted molar refractivity (Wildman–Crippen MR) is 115 cm³/mol. The van der Waals surface area contributed by atoms with Gasteiger partial charge in [0, 0.05) is 0 Å². The normalized spacial score (nSPS) is 13.7. The quantitative estimate of drug-likeness (QED) is 0.795. The number of anilines is 1. The molecule has 0 saturated heterocycles. The Morgan fingerprint density at radius 3 is 2.14 bits per heavy atom. The standard InChI is InChI=1S/C22H30N2O3S/c1-14-9-8-10-20(11-14)24(28(7,26)27)19(6)22(25)23-18(5)21-13-16(3)15(2)12-17(21)4/h8-13,18-19H,1-7H3,(H,23,25)/t18-,19+/m0/s1. The lowest BCUT2D eigenvalue weighted by atomic mass is 9.96. The Hall–Kier alpha value is -2.34. The molecule has 2 rings (SSSR count). The van der Waals surface area contributed by atoms with Gasteiger partial charge in [-0.1, -0.05) is 24.3 Å². The van der Waals surface area contributed by atoms with E-state index in [0.717, 1.165) is 28.5 Å². The molecule has 2 atom stereocenters. The average molecular weight is 403 g/mol. The Morgan fingerprint density at radius 2 is 1.57 bits per heavy atom. The fraction of sp³-hybridized carbons (Fsp3) is 0.409. The number of hydrogen-bond donors (Lipinski definition) is 1. The second-order valence-electron chi connectivity index (χ2n) is 7.60. The van der Waals surface area contributed by atoms with Crippen molar-refractivity contribution in [2.45, 2.75) is 53.6 Å². The van der Waals surface area contributed by atoms with Crippen LogP contribution in [0.15, 0.2) is 36.4 Å². The van der Waals surface area contributed by atoms with Crippen LogP contribution in [0.25, 0.3) is 0 Å². The topological polar surface area (TPSA) is 66.5 Å². The summed E-state index contributed by atoms with van der Waals surface area (Å²) in [4.78, 5) is 12.9.